The van der Waals surface area contributed by atoms with Crippen molar-refractivity contribution in [3.05, 3.63) is 138 Å². The average Bonchev–Trinajstić information content (AvgIpc) is 2.90. The van der Waals surface area contributed by atoms with Gasteiger partial charge in [-0.2, -0.15) is 5.26 Å². The van der Waals surface area contributed by atoms with Gasteiger partial charge in [-0.15, -0.1) is 0 Å². The van der Waals surface area contributed by atoms with Crippen LogP contribution in [-0.4, -0.2) is 17.9 Å². The van der Waals surface area contributed by atoms with E-state index in [-0.39, 0.29) is 23.6 Å². The number of hydrogen-bond acceptors (Lipinski definition) is 4. The third kappa shape index (κ3) is 6.01. The lowest BCUT2D eigenvalue weighted by Gasteiger charge is -2.23. The molecule has 0 aliphatic carbocycles. The lowest BCUT2D eigenvalue weighted by Crippen LogP contribution is -2.46. The first kappa shape index (κ1) is 23.5. The smallest absolute Gasteiger partial charge is 0.334 e. The molecule has 1 atom stereocenters. The Morgan fingerprint density at radius 2 is 1.26 bits per heavy atom. The summed E-state index contributed by atoms with van der Waals surface area (Å²) in [4.78, 5) is 26.9. The highest BCUT2D eigenvalue weighted by atomic mass is 16.5. The number of nitrogens with zero attached hydrogens (tertiary/aromatic N) is 1. The van der Waals surface area contributed by atoms with E-state index in [9.17, 15) is 14.9 Å². The molecule has 0 heterocycles. The van der Waals surface area contributed by atoms with Crippen LogP contribution in [0.15, 0.2) is 115 Å². The van der Waals surface area contributed by atoms with Gasteiger partial charge in [0.1, 0.15) is 17.9 Å². The fraction of sp³-hybridized carbons (Fsp3) is 0.100. The van der Waals surface area contributed by atoms with Crippen LogP contribution < -0.4 is 10.1 Å². The summed E-state index contributed by atoms with van der Waals surface area (Å²) in [5, 5.41) is 12.3. The fourth-order valence-electron chi connectivity index (χ4n) is 3.91. The van der Waals surface area contributed by atoms with E-state index in [0.717, 1.165) is 16.7 Å². The standard InChI is InChI=1S/C30H24N2O3/c31-21-25-18-10-11-19-27(25)35-30(34)26(20-22-12-4-1-5-13-22)32-29(33)28(23-14-6-2-7-15-23)24-16-8-3-9-17-24/h1-19,26,28H,20H2,(H,32,33)/t26-/m0/s1. The Balaban J connectivity index is 1.64. The van der Waals surface area contributed by atoms with Crippen molar-refractivity contribution in [1.82, 2.24) is 5.32 Å². The summed E-state index contributed by atoms with van der Waals surface area (Å²) >= 11 is 0. The van der Waals surface area contributed by atoms with E-state index in [0.29, 0.717) is 0 Å². The number of carbonyl (C=O) groups is 2. The zero-order valence-corrected chi connectivity index (χ0v) is 19.0. The summed E-state index contributed by atoms with van der Waals surface area (Å²) in [5.74, 6) is -1.39. The molecule has 5 nitrogen and oxygen atoms in total. The Morgan fingerprint density at radius 3 is 1.83 bits per heavy atom. The maximum atomic E-state index is 13.7. The molecule has 4 aromatic carbocycles. The van der Waals surface area contributed by atoms with Crippen molar-refractivity contribution in [3.8, 4) is 11.8 Å². The highest BCUT2D eigenvalue weighted by Gasteiger charge is 2.29. The van der Waals surface area contributed by atoms with Crippen LogP contribution in [0.4, 0.5) is 0 Å². The van der Waals surface area contributed by atoms with Crippen molar-refractivity contribution in [2.75, 3.05) is 0 Å². The third-order valence-electron chi connectivity index (χ3n) is 5.63. The molecular formula is C30H24N2O3. The number of benzene rings is 4. The summed E-state index contributed by atoms with van der Waals surface area (Å²) in [6.07, 6.45) is 0.246. The summed E-state index contributed by atoms with van der Waals surface area (Å²) in [6.45, 7) is 0. The van der Waals surface area contributed by atoms with Crippen molar-refractivity contribution in [2.24, 2.45) is 0 Å². The van der Waals surface area contributed by atoms with E-state index in [1.807, 2.05) is 97.1 Å². The minimum atomic E-state index is -0.952. The number of nitriles is 1. The van der Waals surface area contributed by atoms with E-state index in [1.54, 1.807) is 24.3 Å². The van der Waals surface area contributed by atoms with E-state index >= 15 is 0 Å². The Bertz CT molecular complexity index is 1280. The summed E-state index contributed by atoms with van der Waals surface area (Å²) in [5.41, 5.74) is 2.76. The van der Waals surface area contributed by atoms with Crippen molar-refractivity contribution >= 4 is 11.9 Å². The van der Waals surface area contributed by atoms with Gasteiger partial charge in [-0.05, 0) is 28.8 Å². The van der Waals surface area contributed by atoms with E-state index in [1.165, 1.54) is 0 Å². The number of esters is 1. The quantitative estimate of drug-likeness (QED) is 0.296. The second-order valence-electron chi connectivity index (χ2n) is 8.03. The number of amides is 1. The van der Waals surface area contributed by atoms with Crippen LogP contribution in [0.2, 0.25) is 0 Å². The third-order valence-corrected chi connectivity index (χ3v) is 5.63. The van der Waals surface area contributed by atoms with Gasteiger partial charge in [-0.25, -0.2) is 4.79 Å². The highest BCUT2D eigenvalue weighted by molar-refractivity contribution is 5.91. The maximum absolute atomic E-state index is 13.7. The van der Waals surface area contributed by atoms with Gasteiger partial charge in [0, 0.05) is 6.42 Å². The summed E-state index contributed by atoms with van der Waals surface area (Å²) in [7, 11) is 0. The van der Waals surface area contributed by atoms with Gasteiger partial charge in [0.2, 0.25) is 5.91 Å². The first-order chi connectivity index (χ1) is 17.2. The number of rotatable bonds is 8. The summed E-state index contributed by atoms with van der Waals surface area (Å²) < 4.78 is 5.59. The van der Waals surface area contributed by atoms with E-state index in [2.05, 4.69) is 5.32 Å². The number of hydrogen-bond donors (Lipinski definition) is 1. The van der Waals surface area contributed by atoms with Gasteiger partial charge < -0.3 is 10.1 Å². The SMILES string of the molecule is N#Cc1ccccc1OC(=O)[C@H](Cc1ccccc1)NC(=O)C(c1ccccc1)c1ccccc1. The molecule has 0 unspecified atom stereocenters. The Labute approximate surface area is 204 Å². The Morgan fingerprint density at radius 1 is 0.743 bits per heavy atom. The minimum Gasteiger partial charge on any atom is -0.424 e. The molecule has 1 N–H and O–H groups in total. The normalized spacial score (nSPS) is 11.3. The molecule has 0 saturated heterocycles. The van der Waals surface area contributed by atoms with Crippen LogP contribution in [0, 0.1) is 11.3 Å². The number of carbonyl (C=O) groups excluding carboxylic acids is 2. The van der Waals surface area contributed by atoms with Crippen molar-refractivity contribution in [3.63, 3.8) is 0 Å². The van der Waals surface area contributed by atoms with Gasteiger partial charge in [-0.3, -0.25) is 4.79 Å². The zero-order chi connectivity index (χ0) is 24.5. The van der Waals surface area contributed by atoms with Crippen molar-refractivity contribution < 1.29 is 14.3 Å². The molecule has 5 heteroatoms. The van der Waals surface area contributed by atoms with E-state index in [4.69, 9.17) is 4.74 Å². The van der Waals surface area contributed by atoms with Gasteiger partial charge in [-0.1, -0.05) is 103 Å². The average molecular weight is 461 g/mol. The van der Waals surface area contributed by atoms with Crippen molar-refractivity contribution in [2.45, 2.75) is 18.4 Å². The molecule has 0 aromatic heterocycles. The largest absolute Gasteiger partial charge is 0.424 e. The molecule has 0 radical (unpaired) electrons. The second-order valence-corrected chi connectivity index (χ2v) is 8.03. The molecule has 0 saturated carbocycles. The maximum Gasteiger partial charge on any atom is 0.334 e. The molecule has 35 heavy (non-hydrogen) atoms. The topological polar surface area (TPSA) is 79.2 Å². The Kier molecular flexibility index (Phi) is 7.67. The first-order valence-electron chi connectivity index (χ1n) is 11.3. The van der Waals surface area contributed by atoms with Crippen LogP contribution in [0.5, 0.6) is 5.75 Å². The lowest BCUT2D eigenvalue weighted by atomic mass is 9.90. The number of ether oxygens (including phenoxy) is 1. The second kappa shape index (κ2) is 11.4. The fourth-order valence-corrected chi connectivity index (χ4v) is 3.91. The monoisotopic (exact) mass is 460 g/mol. The first-order valence-corrected chi connectivity index (χ1v) is 11.3. The van der Waals surface area contributed by atoms with Crippen LogP contribution in [0.1, 0.15) is 28.2 Å². The summed E-state index contributed by atoms with van der Waals surface area (Å²) in [6, 6.07) is 35.9. The van der Waals surface area contributed by atoms with Gasteiger partial charge in [0.15, 0.2) is 0 Å². The highest BCUT2D eigenvalue weighted by Crippen LogP contribution is 2.25. The molecule has 0 aliphatic heterocycles. The molecule has 0 spiro atoms. The van der Waals surface area contributed by atoms with Crippen LogP contribution in [0.3, 0.4) is 0 Å². The molecule has 0 fully saturated rings. The van der Waals surface area contributed by atoms with Crippen molar-refractivity contribution in [1.29, 1.82) is 5.26 Å². The van der Waals surface area contributed by atoms with Gasteiger partial charge in [0.05, 0.1) is 11.5 Å². The molecule has 0 bridgehead atoms. The Hall–Kier alpha value is -4.69. The van der Waals surface area contributed by atoms with Gasteiger partial charge >= 0.3 is 5.97 Å². The molecule has 172 valence electrons. The van der Waals surface area contributed by atoms with Crippen LogP contribution in [-0.2, 0) is 16.0 Å². The number of nitrogens with one attached hydrogen (secondary N) is 1. The molecular weight excluding hydrogens is 436 g/mol. The predicted molar refractivity (Wildman–Crippen MR) is 134 cm³/mol. The van der Waals surface area contributed by atoms with Crippen LogP contribution in [0.25, 0.3) is 0 Å². The van der Waals surface area contributed by atoms with E-state index < -0.39 is 17.9 Å². The lowest BCUT2D eigenvalue weighted by molar-refractivity contribution is -0.139. The molecule has 4 aromatic rings. The number of para-hydroxylation sites is 1. The minimum absolute atomic E-state index is 0.162. The van der Waals surface area contributed by atoms with Gasteiger partial charge in [0.25, 0.3) is 0 Å². The predicted octanol–water partition coefficient (Wildman–Crippen LogP) is 5.02. The molecule has 0 aliphatic rings. The molecule has 4 rings (SSSR count). The molecule has 1 amide bonds. The van der Waals surface area contributed by atoms with Crippen LogP contribution >= 0.6 is 0 Å². The zero-order valence-electron chi connectivity index (χ0n) is 19.0.